The number of carbonyl (C=O) groups excluding carboxylic acids is 3. The fourth-order valence-electron chi connectivity index (χ4n) is 3.51. The lowest BCUT2D eigenvalue weighted by molar-refractivity contribution is -0.142. The van der Waals surface area contributed by atoms with Gasteiger partial charge in [0.2, 0.25) is 17.7 Å². The molecule has 9 heteroatoms. The fraction of sp³-hybridized carbons (Fsp3) is 0.647. The van der Waals surface area contributed by atoms with Crippen molar-refractivity contribution < 1.29 is 18.9 Å². The Balaban J connectivity index is 1.44. The zero-order valence-corrected chi connectivity index (χ0v) is 15.2. The number of aryl methyl sites for hydroxylation is 1. The Labute approximate surface area is 152 Å². The molecule has 2 atom stereocenters. The largest absolute Gasteiger partial charge is 0.360 e. The number of anilines is 1. The van der Waals surface area contributed by atoms with Crippen LogP contribution < -0.4 is 10.6 Å². The summed E-state index contributed by atoms with van der Waals surface area (Å²) in [5.41, 5.74) is 0. The third kappa shape index (κ3) is 4.60. The van der Waals surface area contributed by atoms with Crippen molar-refractivity contribution >= 4 is 23.5 Å². The van der Waals surface area contributed by atoms with Crippen molar-refractivity contribution in [2.75, 3.05) is 38.0 Å². The molecule has 3 rings (SSSR count). The average Bonchev–Trinajstić information content (AvgIpc) is 2.98. The van der Waals surface area contributed by atoms with Crippen molar-refractivity contribution in [3.05, 3.63) is 11.8 Å². The molecule has 26 heavy (non-hydrogen) atoms. The number of hydrogen-bond donors (Lipinski definition) is 2. The quantitative estimate of drug-likeness (QED) is 0.778. The van der Waals surface area contributed by atoms with Gasteiger partial charge in [0.05, 0.1) is 6.54 Å². The highest BCUT2D eigenvalue weighted by Gasteiger charge is 2.33. The molecule has 0 aromatic carbocycles. The van der Waals surface area contributed by atoms with Crippen LogP contribution in [0.5, 0.6) is 0 Å². The van der Waals surface area contributed by atoms with Crippen molar-refractivity contribution in [1.29, 1.82) is 0 Å². The van der Waals surface area contributed by atoms with Crippen molar-refractivity contribution in [1.82, 2.24) is 20.3 Å². The molecular weight excluding hydrogens is 338 g/mol. The first-order valence-corrected chi connectivity index (χ1v) is 8.94. The van der Waals surface area contributed by atoms with E-state index in [1.807, 2.05) is 16.7 Å². The first-order chi connectivity index (χ1) is 12.4. The second kappa shape index (κ2) is 7.86. The van der Waals surface area contributed by atoms with Crippen molar-refractivity contribution in [2.45, 2.75) is 32.7 Å². The summed E-state index contributed by atoms with van der Waals surface area (Å²) in [6.07, 6.45) is 0.952. The number of piperazine rings is 1. The molecule has 0 unspecified atom stereocenters. The standard InChI is InChI=1S/C17H25N5O4/c1-11-7-13(9-15(23)18-11)17(25)22-5-3-21(4-6-22)10-16(24)19-14-8-12(2)26-20-14/h8,11,13H,3-7,9-10H2,1-2H3,(H,18,23)(H,19,20,24)/t11-,13+/m1/s1. The van der Waals surface area contributed by atoms with E-state index in [1.165, 1.54) is 0 Å². The minimum atomic E-state index is -0.232. The van der Waals surface area contributed by atoms with Crippen LogP contribution in [0.15, 0.2) is 10.6 Å². The molecule has 3 heterocycles. The number of nitrogens with zero attached hydrogens (tertiary/aromatic N) is 3. The van der Waals surface area contributed by atoms with E-state index in [0.717, 1.165) is 0 Å². The zero-order valence-electron chi connectivity index (χ0n) is 15.2. The molecule has 3 amide bonds. The van der Waals surface area contributed by atoms with Gasteiger partial charge in [0.1, 0.15) is 5.76 Å². The van der Waals surface area contributed by atoms with Gasteiger partial charge in [-0.25, -0.2) is 0 Å². The number of nitrogens with one attached hydrogen (secondary N) is 2. The summed E-state index contributed by atoms with van der Waals surface area (Å²) in [5, 5.41) is 9.28. The smallest absolute Gasteiger partial charge is 0.239 e. The molecule has 1 aromatic rings. The SMILES string of the molecule is Cc1cc(NC(=O)CN2CCN(C(=O)[C@@H]3CC(=O)N[C@H](C)C3)CC2)no1. The lowest BCUT2D eigenvalue weighted by Crippen LogP contribution is -2.53. The van der Waals surface area contributed by atoms with E-state index in [-0.39, 0.29) is 42.6 Å². The van der Waals surface area contributed by atoms with Crippen molar-refractivity contribution in [3.63, 3.8) is 0 Å². The third-order valence-corrected chi connectivity index (χ3v) is 4.77. The highest BCUT2D eigenvalue weighted by atomic mass is 16.5. The minimum Gasteiger partial charge on any atom is -0.360 e. The van der Waals surface area contributed by atoms with E-state index in [4.69, 9.17) is 4.52 Å². The van der Waals surface area contributed by atoms with Gasteiger partial charge in [-0.15, -0.1) is 0 Å². The summed E-state index contributed by atoms with van der Waals surface area (Å²) < 4.78 is 4.92. The number of hydrogen-bond acceptors (Lipinski definition) is 6. The number of amides is 3. The van der Waals surface area contributed by atoms with Crippen LogP contribution in [0.3, 0.4) is 0 Å². The first-order valence-electron chi connectivity index (χ1n) is 8.94. The van der Waals surface area contributed by atoms with Crippen LogP contribution in [0, 0.1) is 12.8 Å². The van der Waals surface area contributed by atoms with E-state index in [9.17, 15) is 14.4 Å². The molecule has 2 aliphatic heterocycles. The van der Waals surface area contributed by atoms with Crippen LogP contribution in [0.1, 0.15) is 25.5 Å². The summed E-state index contributed by atoms with van der Waals surface area (Å²) in [4.78, 5) is 40.2. The summed E-state index contributed by atoms with van der Waals surface area (Å²) in [6, 6.07) is 1.70. The van der Waals surface area contributed by atoms with Gasteiger partial charge in [-0.05, 0) is 20.3 Å². The van der Waals surface area contributed by atoms with Crippen molar-refractivity contribution in [3.8, 4) is 0 Å². The number of aromatic nitrogens is 1. The van der Waals surface area contributed by atoms with Crippen LogP contribution in [-0.2, 0) is 14.4 Å². The lowest BCUT2D eigenvalue weighted by atomic mass is 9.91. The van der Waals surface area contributed by atoms with Gasteiger partial charge < -0.3 is 20.1 Å². The molecule has 2 saturated heterocycles. The molecule has 0 radical (unpaired) electrons. The molecular formula is C17H25N5O4. The predicted octanol–water partition coefficient (Wildman–Crippen LogP) is -0.0196. The van der Waals surface area contributed by atoms with Gasteiger partial charge in [-0.3, -0.25) is 19.3 Å². The summed E-state index contributed by atoms with van der Waals surface area (Å²) in [7, 11) is 0. The van der Waals surface area contributed by atoms with Gasteiger partial charge >= 0.3 is 0 Å². The molecule has 0 spiro atoms. The second-order valence-electron chi connectivity index (χ2n) is 7.08. The van der Waals surface area contributed by atoms with E-state index in [1.54, 1.807) is 13.0 Å². The second-order valence-corrected chi connectivity index (χ2v) is 7.08. The highest BCUT2D eigenvalue weighted by Crippen LogP contribution is 2.20. The Hall–Kier alpha value is -2.42. The Morgan fingerprint density at radius 3 is 2.69 bits per heavy atom. The molecule has 2 fully saturated rings. The zero-order chi connectivity index (χ0) is 18.7. The maximum absolute atomic E-state index is 12.6. The summed E-state index contributed by atoms with van der Waals surface area (Å²) in [6.45, 7) is 6.33. The summed E-state index contributed by atoms with van der Waals surface area (Å²) in [5.74, 6) is 0.651. The van der Waals surface area contributed by atoms with E-state index < -0.39 is 0 Å². The first kappa shape index (κ1) is 18.4. The molecule has 2 N–H and O–H groups in total. The van der Waals surface area contributed by atoms with E-state index in [0.29, 0.717) is 44.2 Å². The average molecular weight is 363 g/mol. The minimum absolute atomic E-state index is 0.0374. The Morgan fingerprint density at radius 2 is 2.08 bits per heavy atom. The molecule has 9 nitrogen and oxygen atoms in total. The van der Waals surface area contributed by atoms with Gasteiger partial charge in [-0.1, -0.05) is 5.16 Å². The van der Waals surface area contributed by atoms with Crippen LogP contribution in [-0.4, -0.2) is 71.4 Å². The Kier molecular flexibility index (Phi) is 5.55. The van der Waals surface area contributed by atoms with Gasteiger partial charge in [-0.2, -0.15) is 0 Å². The van der Waals surface area contributed by atoms with Gasteiger partial charge in [0, 0.05) is 50.6 Å². The van der Waals surface area contributed by atoms with Crippen LogP contribution in [0.2, 0.25) is 0 Å². The third-order valence-electron chi connectivity index (χ3n) is 4.77. The number of rotatable bonds is 4. The van der Waals surface area contributed by atoms with Gasteiger partial charge in [0.25, 0.3) is 0 Å². The Bertz CT molecular complexity index is 680. The molecule has 0 bridgehead atoms. The molecule has 0 aliphatic carbocycles. The number of carbonyl (C=O) groups is 3. The highest BCUT2D eigenvalue weighted by molar-refractivity contribution is 5.91. The van der Waals surface area contributed by atoms with Crippen molar-refractivity contribution in [2.24, 2.45) is 5.92 Å². The lowest BCUT2D eigenvalue weighted by Gasteiger charge is -2.37. The topological polar surface area (TPSA) is 108 Å². The maximum Gasteiger partial charge on any atom is 0.239 e. The number of piperidine rings is 1. The summed E-state index contributed by atoms with van der Waals surface area (Å²) >= 11 is 0. The maximum atomic E-state index is 12.6. The van der Waals surface area contributed by atoms with Crippen LogP contribution in [0.25, 0.3) is 0 Å². The predicted molar refractivity (Wildman–Crippen MR) is 93.2 cm³/mol. The molecule has 2 aliphatic rings. The van der Waals surface area contributed by atoms with E-state index >= 15 is 0 Å². The normalized spacial score (nSPS) is 24.2. The fourth-order valence-corrected chi connectivity index (χ4v) is 3.51. The molecule has 142 valence electrons. The van der Waals surface area contributed by atoms with Gasteiger partial charge in [0.15, 0.2) is 5.82 Å². The monoisotopic (exact) mass is 363 g/mol. The molecule has 0 saturated carbocycles. The van der Waals surface area contributed by atoms with Crippen LogP contribution >= 0.6 is 0 Å². The van der Waals surface area contributed by atoms with Crippen LogP contribution in [0.4, 0.5) is 5.82 Å². The van der Waals surface area contributed by atoms with E-state index in [2.05, 4.69) is 15.8 Å². The Morgan fingerprint density at radius 1 is 1.35 bits per heavy atom. The molecule has 1 aromatic heterocycles.